The number of methoxy groups -OCH3 is 1. The molecule has 0 aliphatic heterocycles. The number of benzene rings is 2. The van der Waals surface area contributed by atoms with Crippen LogP contribution in [0.4, 0.5) is 5.69 Å². The molecule has 0 aliphatic carbocycles. The molecule has 24 heavy (non-hydrogen) atoms. The van der Waals surface area contributed by atoms with Crippen LogP contribution in [0.25, 0.3) is 0 Å². The standard InChI is InChI=1S/C19H22BrNO3/c1-4-10-24-19-17(20)11-14(12-18(19)23-5-2)13-21-15-6-8-16(22-3)9-7-15/h6-9,11-13H,4-5,10H2,1-3H3. The summed E-state index contributed by atoms with van der Waals surface area (Å²) in [5, 5.41) is 0. The minimum absolute atomic E-state index is 0.577. The minimum atomic E-state index is 0.577. The fraction of sp³-hybridized carbons (Fsp3) is 0.316. The van der Waals surface area contributed by atoms with Crippen molar-refractivity contribution in [2.75, 3.05) is 20.3 Å². The lowest BCUT2D eigenvalue weighted by Crippen LogP contribution is -2.01. The van der Waals surface area contributed by atoms with Gasteiger partial charge in [-0.2, -0.15) is 0 Å². The van der Waals surface area contributed by atoms with Gasteiger partial charge in [-0.15, -0.1) is 0 Å². The van der Waals surface area contributed by atoms with Crippen molar-refractivity contribution in [1.29, 1.82) is 0 Å². The molecule has 0 atom stereocenters. The van der Waals surface area contributed by atoms with Crippen LogP contribution >= 0.6 is 15.9 Å². The smallest absolute Gasteiger partial charge is 0.175 e. The van der Waals surface area contributed by atoms with Gasteiger partial charge in [0, 0.05) is 6.21 Å². The van der Waals surface area contributed by atoms with E-state index in [0.717, 1.165) is 39.4 Å². The Hall–Kier alpha value is -2.01. The highest BCUT2D eigenvalue weighted by atomic mass is 79.9. The zero-order chi connectivity index (χ0) is 17.4. The van der Waals surface area contributed by atoms with Crippen LogP contribution in [0, 0.1) is 0 Å². The van der Waals surface area contributed by atoms with E-state index in [0.29, 0.717) is 13.2 Å². The highest BCUT2D eigenvalue weighted by Crippen LogP contribution is 2.36. The Morgan fingerprint density at radius 3 is 2.46 bits per heavy atom. The van der Waals surface area contributed by atoms with Gasteiger partial charge in [0.2, 0.25) is 0 Å². The van der Waals surface area contributed by atoms with Crippen molar-refractivity contribution >= 4 is 27.8 Å². The Bertz CT molecular complexity index is 684. The second kappa shape index (κ2) is 9.33. The maximum absolute atomic E-state index is 5.78. The molecule has 0 aromatic heterocycles. The SMILES string of the molecule is CCCOc1c(Br)cc(C=Nc2ccc(OC)cc2)cc1OCC. The van der Waals surface area contributed by atoms with Gasteiger partial charge >= 0.3 is 0 Å². The Kier molecular flexibility index (Phi) is 7.12. The second-order valence-corrected chi connectivity index (χ2v) is 5.92. The van der Waals surface area contributed by atoms with Crippen molar-refractivity contribution in [3.05, 3.63) is 46.4 Å². The second-order valence-electron chi connectivity index (χ2n) is 5.07. The number of rotatable bonds is 8. The van der Waals surface area contributed by atoms with Gasteiger partial charge in [0.15, 0.2) is 11.5 Å². The molecule has 2 aromatic rings. The molecule has 0 amide bonds. The molecule has 0 unspecified atom stereocenters. The van der Waals surface area contributed by atoms with E-state index < -0.39 is 0 Å². The van der Waals surface area contributed by atoms with Crippen molar-refractivity contribution in [3.63, 3.8) is 0 Å². The summed E-state index contributed by atoms with van der Waals surface area (Å²) in [6.07, 6.45) is 2.75. The van der Waals surface area contributed by atoms with Gasteiger partial charge < -0.3 is 14.2 Å². The van der Waals surface area contributed by atoms with Gasteiger partial charge in [-0.3, -0.25) is 4.99 Å². The predicted molar refractivity (Wildman–Crippen MR) is 101 cm³/mol. The monoisotopic (exact) mass is 391 g/mol. The lowest BCUT2D eigenvalue weighted by atomic mass is 10.2. The molecule has 5 heteroatoms. The molecule has 128 valence electrons. The van der Waals surface area contributed by atoms with E-state index in [2.05, 4.69) is 27.8 Å². The first kappa shape index (κ1) is 18.3. The molecule has 0 saturated heterocycles. The van der Waals surface area contributed by atoms with E-state index >= 15 is 0 Å². The summed E-state index contributed by atoms with van der Waals surface area (Å²) in [5.74, 6) is 2.27. The number of hydrogen-bond acceptors (Lipinski definition) is 4. The lowest BCUT2D eigenvalue weighted by Gasteiger charge is -2.14. The largest absolute Gasteiger partial charge is 0.497 e. The third kappa shape index (κ3) is 4.99. The van der Waals surface area contributed by atoms with Gasteiger partial charge in [0.05, 0.1) is 30.5 Å². The average molecular weight is 392 g/mol. The van der Waals surface area contributed by atoms with E-state index in [1.54, 1.807) is 13.3 Å². The van der Waals surface area contributed by atoms with E-state index in [9.17, 15) is 0 Å². The summed E-state index contributed by atoms with van der Waals surface area (Å²) in [6, 6.07) is 11.5. The molecule has 0 bridgehead atoms. The highest BCUT2D eigenvalue weighted by molar-refractivity contribution is 9.10. The number of ether oxygens (including phenoxy) is 3. The first-order chi connectivity index (χ1) is 11.7. The first-order valence-electron chi connectivity index (χ1n) is 7.95. The maximum Gasteiger partial charge on any atom is 0.175 e. The summed E-state index contributed by atoms with van der Waals surface area (Å²) in [6.45, 7) is 5.26. The first-order valence-corrected chi connectivity index (χ1v) is 8.74. The summed E-state index contributed by atoms with van der Waals surface area (Å²) in [4.78, 5) is 4.49. The molecule has 0 saturated carbocycles. The van der Waals surface area contributed by atoms with Crippen LogP contribution in [0.3, 0.4) is 0 Å². The summed E-state index contributed by atoms with van der Waals surface area (Å²) >= 11 is 3.56. The maximum atomic E-state index is 5.78. The molecule has 0 aliphatic rings. The van der Waals surface area contributed by atoms with Crippen LogP contribution in [0.1, 0.15) is 25.8 Å². The highest BCUT2D eigenvalue weighted by Gasteiger charge is 2.11. The van der Waals surface area contributed by atoms with Crippen molar-refractivity contribution in [2.24, 2.45) is 4.99 Å². The summed E-state index contributed by atoms with van der Waals surface area (Å²) in [5.41, 5.74) is 1.79. The Morgan fingerprint density at radius 1 is 1.08 bits per heavy atom. The van der Waals surface area contributed by atoms with Crippen LogP contribution in [0.15, 0.2) is 45.9 Å². The molecule has 0 radical (unpaired) electrons. The molecule has 0 fully saturated rings. The van der Waals surface area contributed by atoms with Crippen LogP contribution in [0.5, 0.6) is 17.2 Å². The van der Waals surface area contributed by atoms with Crippen LogP contribution in [-0.2, 0) is 0 Å². The Balaban J connectivity index is 2.24. The Morgan fingerprint density at radius 2 is 1.83 bits per heavy atom. The van der Waals surface area contributed by atoms with E-state index in [4.69, 9.17) is 14.2 Å². The third-order valence-electron chi connectivity index (χ3n) is 3.22. The number of hydrogen-bond donors (Lipinski definition) is 0. The molecule has 2 aromatic carbocycles. The average Bonchev–Trinajstić information content (AvgIpc) is 2.60. The van der Waals surface area contributed by atoms with Crippen molar-refractivity contribution in [1.82, 2.24) is 0 Å². The number of halogens is 1. The molecule has 0 spiro atoms. The zero-order valence-electron chi connectivity index (χ0n) is 14.2. The molecule has 0 N–H and O–H groups in total. The normalized spacial score (nSPS) is 10.8. The number of aliphatic imine (C=N–C) groups is 1. The third-order valence-corrected chi connectivity index (χ3v) is 3.81. The summed E-state index contributed by atoms with van der Waals surface area (Å²) < 4.78 is 17.5. The van der Waals surface area contributed by atoms with E-state index in [-0.39, 0.29) is 0 Å². The van der Waals surface area contributed by atoms with Crippen molar-refractivity contribution in [2.45, 2.75) is 20.3 Å². The molecule has 4 nitrogen and oxygen atoms in total. The summed E-state index contributed by atoms with van der Waals surface area (Å²) in [7, 11) is 1.65. The fourth-order valence-corrected chi connectivity index (χ4v) is 2.66. The minimum Gasteiger partial charge on any atom is -0.497 e. The fourth-order valence-electron chi connectivity index (χ4n) is 2.09. The molecule has 0 heterocycles. The van der Waals surface area contributed by atoms with Crippen molar-refractivity contribution < 1.29 is 14.2 Å². The van der Waals surface area contributed by atoms with Crippen LogP contribution in [0.2, 0.25) is 0 Å². The topological polar surface area (TPSA) is 40.0 Å². The van der Waals surface area contributed by atoms with Gasteiger partial charge in [-0.05, 0) is 71.2 Å². The van der Waals surface area contributed by atoms with Crippen molar-refractivity contribution in [3.8, 4) is 17.2 Å². The van der Waals surface area contributed by atoms with Gasteiger partial charge in [-0.1, -0.05) is 6.92 Å². The van der Waals surface area contributed by atoms with E-state index in [1.165, 1.54) is 0 Å². The Labute approximate surface area is 151 Å². The quantitative estimate of drug-likeness (QED) is 0.565. The zero-order valence-corrected chi connectivity index (χ0v) is 15.8. The molecular formula is C19H22BrNO3. The van der Waals surface area contributed by atoms with E-state index in [1.807, 2.05) is 43.3 Å². The van der Waals surface area contributed by atoms with Crippen LogP contribution in [-0.4, -0.2) is 26.5 Å². The van der Waals surface area contributed by atoms with Gasteiger partial charge in [0.1, 0.15) is 5.75 Å². The number of nitrogens with zero attached hydrogens (tertiary/aromatic N) is 1. The van der Waals surface area contributed by atoms with Crippen LogP contribution < -0.4 is 14.2 Å². The predicted octanol–water partition coefficient (Wildman–Crippen LogP) is 5.40. The van der Waals surface area contributed by atoms with Gasteiger partial charge in [-0.25, -0.2) is 0 Å². The molecular weight excluding hydrogens is 370 g/mol. The molecule has 2 rings (SSSR count). The lowest BCUT2D eigenvalue weighted by molar-refractivity contribution is 0.275. The van der Waals surface area contributed by atoms with Gasteiger partial charge in [0.25, 0.3) is 0 Å².